The van der Waals surface area contributed by atoms with Crippen LogP contribution in [-0.4, -0.2) is 20.4 Å². The third-order valence-corrected chi connectivity index (χ3v) is 6.06. The maximum atomic E-state index is 12.1. The lowest BCUT2D eigenvalue weighted by Crippen LogP contribution is -2.23. The van der Waals surface area contributed by atoms with Gasteiger partial charge in [0.1, 0.15) is 10.7 Å². The van der Waals surface area contributed by atoms with E-state index in [1.54, 1.807) is 7.05 Å². The lowest BCUT2D eigenvalue weighted by atomic mass is 10.4. The lowest BCUT2D eigenvalue weighted by molar-refractivity contribution is 0.581. The maximum absolute atomic E-state index is 12.1. The van der Waals surface area contributed by atoms with E-state index in [9.17, 15) is 8.42 Å². The van der Waals surface area contributed by atoms with Crippen molar-refractivity contribution < 1.29 is 8.42 Å². The fraction of sp³-hybridized carbons (Fsp3) is 0.182. The molecule has 108 valence electrons. The average molecular weight is 397 g/mol. The molecule has 0 unspecified atom stereocenters. The molecule has 0 aromatic carbocycles. The Kier molecular flexibility index (Phi) is 5.03. The molecule has 2 heterocycles. The van der Waals surface area contributed by atoms with Crippen LogP contribution < -0.4 is 10.0 Å². The molecule has 0 fully saturated rings. The summed E-state index contributed by atoms with van der Waals surface area (Å²) in [6.07, 6.45) is 1.27. The molecular weight excluding hydrogens is 386 g/mol. The average Bonchev–Trinajstić information content (AvgIpc) is 2.82. The molecule has 9 heteroatoms. The van der Waals surface area contributed by atoms with E-state index in [0.717, 1.165) is 9.35 Å². The van der Waals surface area contributed by atoms with Gasteiger partial charge in [-0.1, -0.05) is 11.6 Å². The summed E-state index contributed by atoms with van der Waals surface area (Å²) in [4.78, 5) is 4.90. The Labute approximate surface area is 134 Å². The molecule has 2 N–H and O–H groups in total. The molecule has 0 saturated heterocycles. The molecule has 5 nitrogen and oxygen atoms in total. The van der Waals surface area contributed by atoms with Crippen molar-refractivity contribution in [2.45, 2.75) is 11.4 Å². The Morgan fingerprint density at radius 2 is 2.25 bits per heavy atom. The molecule has 2 rings (SSSR count). The van der Waals surface area contributed by atoms with Gasteiger partial charge in [-0.15, -0.1) is 11.3 Å². The number of anilines is 1. The largest absolute Gasteiger partial charge is 0.372 e. The van der Waals surface area contributed by atoms with Crippen LogP contribution in [-0.2, 0) is 16.6 Å². The predicted molar refractivity (Wildman–Crippen MR) is 84.8 cm³/mol. The van der Waals surface area contributed by atoms with E-state index in [1.807, 2.05) is 11.4 Å². The summed E-state index contributed by atoms with van der Waals surface area (Å²) in [5.74, 6) is 0.437. The van der Waals surface area contributed by atoms with Gasteiger partial charge in [0.2, 0.25) is 10.0 Å². The van der Waals surface area contributed by atoms with Crippen molar-refractivity contribution in [3.63, 3.8) is 0 Å². The molecule has 0 atom stereocenters. The number of hydrogen-bond donors (Lipinski definition) is 2. The second kappa shape index (κ2) is 6.40. The van der Waals surface area contributed by atoms with Crippen LogP contribution in [0.4, 0.5) is 5.82 Å². The number of rotatable bonds is 5. The van der Waals surface area contributed by atoms with Crippen LogP contribution in [0.25, 0.3) is 0 Å². The summed E-state index contributed by atoms with van der Waals surface area (Å²) in [6, 6.07) is 3.24. The van der Waals surface area contributed by atoms with Gasteiger partial charge in [0.15, 0.2) is 0 Å². The van der Waals surface area contributed by atoms with Gasteiger partial charge in [0.25, 0.3) is 0 Å². The van der Waals surface area contributed by atoms with E-state index in [2.05, 4.69) is 31.0 Å². The van der Waals surface area contributed by atoms with Crippen molar-refractivity contribution in [2.24, 2.45) is 0 Å². The molecule has 0 spiro atoms. The first-order valence-corrected chi connectivity index (χ1v) is 9.02. The third-order valence-electron chi connectivity index (χ3n) is 2.48. The minimum Gasteiger partial charge on any atom is -0.372 e. The number of pyridine rings is 1. The molecule has 0 aliphatic heterocycles. The van der Waals surface area contributed by atoms with Crippen LogP contribution in [0.2, 0.25) is 5.02 Å². The van der Waals surface area contributed by atoms with Gasteiger partial charge in [-0.3, -0.25) is 0 Å². The van der Waals surface area contributed by atoms with Gasteiger partial charge in [0, 0.05) is 29.1 Å². The van der Waals surface area contributed by atoms with Crippen LogP contribution in [0.15, 0.2) is 33.1 Å². The van der Waals surface area contributed by atoms with E-state index in [-0.39, 0.29) is 16.5 Å². The van der Waals surface area contributed by atoms with E-state index in [1.165, 1.54) is 23.6 Å². The summed E-state index contributed by atoms with van der Waals surface area (Å²) in [6.45, 7) is 0.214. The van der Waals surface area contributed by atoms with Gasteiger partial charge in [-0.25, -0.2) is 18.1 Å². The summed E-state index contributed by atoms with van der Waals surface area (Å²) in [5.41, 5.74) is 0. The fourth-order valence-corrected chi connectivity index (χ4v) is 4.26. The number of halogens is 2. The molecule has 2 aromatic heterocycles. The van der Waals surface area contributed by atoms with Crippen LogP contribution in [0.5, 0.6) is 0 Å². The Morgan fingerprint density at radius 3 is 2.80 bits per heavy atom. The first-order valence-electron chi connectivity index (χ1n) is 5.49. The van der Waals surface area contributed by atoms with E-state index >= 15 is 0 Å². The van der Waals surface area contributed by atoms with Gasteiger partial charge in [-0.2, -0.15) is 0 Å². The SMILES string of the molecule is CNc1ncc(S(=O)(=O)NCc2sccc2Br)cc1Cl. The number of thiophene rings is 1. The number of hydrogen-bond acceptors (Lipinski definition) is 5. The van der Waals surface area contributed by atoms with Crippen molar-refractivity contribution >= 4 is 54.7 Å². The minimum absolute atomic E-state index is 0.0363. The molecule has 0 bridgehead atoms. The van der Waals surface area contributed by atoms with E-state index in [4.69, 9.17) is 11.6 Å². The third kappa shape index (κ3) is 3.50. The molecule has 0 saturated carbocycles. The Bertz CT molecular complexity index is 718. The molecular formula is C11H11BrClN3O2S2. The second-order valence-corrected chi connectivity index (χ2v) is 7.80. The highest BCUT2D eigenvalue weighted by atomic mass is 79.9. The monoisotopic (exact) mass is 395 g/mol. The Hall–Kier alpha value is -0.670. The van der Waals surface area contributed by atoms with E-state index < -0.39 is 10.0 Å². The van der Waals surface area contributed by atoms with Crippen molar-refractivity contribution in [3.8, 4) is 0 Å². The van der Waals surface area contributed by atoms with Crippen molar-refractivity contribution in [1.29, 1.82) is 0 Å². The summed E-state index contributed by atoms with van der Waals surface area (Å²) in [7, 11) is -1.98. The zero-order valence-corrected chi connectivity index (χ0v) is 14.3. The Morgan fingerprint density at radius 1 is 1.50 bits per heavy atom. The molecule has 0 amide bonds. The normalized spacial score (nSPS) is 11.6. The highest BCUT2D eigenvalue weighted by molar-refractivity contribution is 9.10. The molecule has 0 radical (unpaired) electrons. The minimum atomic E-state index is -3.64. The smallest absolute Gasteiger partial charge is 0.242 e. The summed E-state index contributed by atoms with van der Waals surface area (Å²) < 4.78 is 27.7. The highest BCUT2D eigenvalue weighted by Crippen LogP contribution is 2.24. The zero-order chi connectivity index (χ0) is 14.8. The van der Waals surface area contributed by atoms with Crippen LogP contribution in [0, 0.1) is 0 Å². The lowest BCUT2D eigenvalue weighted by Gasteiger charge is -2.08. The number of nitrogens with zero attached hydrogens (tertiary/aromatic N) is 1. The van der Waals surface area contributed by atoms with Crippen molar-refractivity contribution in [3.05, 3.63) is 38.1 Å². The first kappa shape index (κ1) is 15.7. The molecule has 0 aliphatic carbocycles. The number of sulfonamides is 1. The fourth-order valence-electron chi connectivity index (χ4n) is 1.45. The Balaban J connectivity index is 2.18. The molecule has 0 aliphatic rings. The maximum Gasteiger partial charge on any atom is 0.242 e. The van der Waals surface area contributed by atoms with Gasteiger partial charge < -0.3 is 5.32 Å². The standard InChI is InChI=1S/C11H11BrClN3O2S2/c1-14-11-9(13)4-7(5-15-11)20(17,18)16-6-10-8(12)2-3-19-10/h2-5,16H,6H2,1H3,(H,14,15). The first-order chi connectivity index (χ1) is 9.44. The van der Waals surface area contributed by atoms with Crippen molar-refractivity contribution in [1.82, 2.24) is 9.71 Å². The van der Waals surface area contributed by atoms with E-state index in [0.29, 0.717) is 5.82 Å². The molecule has 2 aromatic rings. The topological polar surface area (TPSA) is 71.1 Å². The highest BCUT2D eigenvalue weighted by Gasteiger charge is 2.17. The summed E-state index contributed by atoms with van der Waals surface area (Å²) in [5, 5.41) is 4.91. The second-order valence-electron chi connectivity index (χ2n) is 3.77. The quantitative estimate of drug-likeness (QED) is 0.815. The van der Waals surface area contributed by atoms with Crippen LogP contribution in [0.3, 0.4) is 0 Å². The van der Waals surface area contributed by atoms with Gasteiger partial charge in [0.05, 0.1) is 5.02 Å². The zero-order valence-electron chi connectivity index (χ0n) is 10.4. The predicted octanol–water partition coefficient (Wildman–Crippen LogP) is 3.08. The van der Waals surface area contributed by atoms with Crippen LogP contribution >= 0.6 is 38.9 Å². The molecule has 20 heavy (non-hydrogen) atoms. The number of aromatic nitrogens is 1. The number of nitrogens with one attached hydrogen (secondary N) is 2. The van der Waals surface area contributed by atoms with Gasteiger partial charge in [-0.05, 0) is 33.4 Å². The summed E-state index contributed by atoms with van der Waals surface area (Å²) >= 11 is 10.8. The van der Waals surface area contributed by atoms with Crippen molar-refractivity contribution in [2.75, 3.05) is 12.4 Å². The van der Waals surface area contributed by atoms with Crippen LogP contribution in [0.1, 0.15) is 4.88 Å². The van der Waals surface area contributed by atoms with Gasteiger partial charge >= 0.3 is 0 Å².